The second-order valence-corrected chi connectivity index (χ2v) is 27.4. The van der Waals surface area contributed by atoms with Crippen LogP contribution in [0.5, 0.6) is 12.0 Å². The Morgan fingerprint density at radius 3 is 1.17 bits per heavy atom. The van der Waals surface area contributed by atoms with Gasteiger partial charge in [0.05, 0.1) is 0 Å². The number of aromatic nitrogens is 3. The van der Waals surface area contributed by atoms with E-state index in [0.717, 1.165) is 0 Å². The number of nitrogens with one attached hydrogen (secondary N) is 1. The summed E-state index contributed by atoms with van der Waals surface area (Å²) in [4.78, 5) is 17.6. The van der Waals surface area contributed by atoms with Crippen LogP contribution in [0.3, 0.4) is 0 Å². The van der Waals surface area contributed by atoms with Crippen molar-refractivity contribution in [1.29, 1.82) is 0 Å². The summed E-state index contributed by atoms with van der Waals surface area (Å²) >= 11 is 0. The number of hydrogen-bond donors (Lipinski definition) is 1. The van der Waals surface area contributed by atoms with Crippen LogP contribution in [-0.4, -0.2) is 39.8 Å². The molecular formula is C21H46N4O2Si3. The highest BCUT2D eigenvalue weighted by Gasteiger charge is 2.42. The zero-order valence-corrected chi connectivity index (χ0v) is 25.2. The molecule has 0 bridgehead atoms. The van der Waals surface area contributed by atoms with Crippen LogP contribution in [0.2, 0.25) is 54.4 Å². The lowest BCUT2D eigenvalue weighted by Crippen LogP contribution is -2.47. The van der Waals surface area contributed by atoms with Crippen molar-refractivity contribution in [2.75, 3.05) is 4.98 Å². The van der Waals surface area contributed by atoms with Crippen LogP contribution in [0, 0.1) is 0 Å². The van der Waals surface area contributed by atoms with Gasteiger partial charge in [-0.15, -0.1) is 4.98 Å². The molecule has 1 rings (SSSR count). The van der Waals surface area contributed by atoms with E-state index in [-0.39, 0.29) is 15.1 Å². The SMILES string of the molecule is CC(C)(C)[Si](C)(C)Nc1nc(O[Si](C)(C)C(C)(C)C)nc(O[Si](C)(C)C(C)(C)C)n1. The van der Waals surface area contributed by atoms with E-state index in [1.165, 1.54) is 0 Å². The lowest BCUT2D eigenvalue weighted by Gasteiger charge is -2.38. The summed E-state index contributed by atoms with van der Waals surface area (Å²) in [5, 5.41) is 0.237. The highest BCUT2D eigenvalue weighted by atomic mass is 28.4. The minimum Gasteiger partial charge on any atom is -0.517 e. The second-order valence-electron chi connectivity index (χ2n) is 12.9. The molecule has 0 saturated carbocycles. The third-order valence-electron chi connectivity index (χ3n) is 7.20. The maximum atomic E-state index is 6.44. The number of rotatable bonds is 6. The molecule has 6 nitrogen and oxygen atoms in total. The van der Waals surface area contributed by atoms with Crippen LogP contribution in [0.25, 0.3) is 0 Å². The van der Waals surface area contributed by atoms with Crippen molar-refractivity contribution in [3.05, 3.63) is 0 Å². The van der Waals surface area contributed by atoms with Gasteiger partial charge in [0, 0.05) is 0 Å². The molecular weight excluding hydrogens is 425 g/mol. The van der Waals surface area contributed by atoms with E-state index in [0.29, 0.717) is 18.0 Å². The van der Waals surface area contributed by atoms with Gasteiger partial charge in [-0.3, -0.25) is 0 Å². The molecule has 0 aliphatic rings. The fraction of sp³-hybridized carbons (Fsp3) is 0.857. The molecule has 0 atom stereocenters. The van der Waals surface area contributed by atoms with Crippen LogP contribution < -0.4 is 13.8 Å². The maximum Gasteiger partial charge on any atom is 0.310 e. The Balaban J connectivity index is 3.45. The van der Waals surface area contributed by atoms with E-state index in [1.54, 1.807) is 0 Å². The zero-order valence-electron chi connectivity index (χ0n) is 22.2. The summed E-state index contributed by atoms with van der Waals surface area (Å²) in [7, 11) is -6.06. The van der Waals surface area contributed by atoms with Crippen molar-refractivity contribution in [1.82, 2.24) is 15.0 Å². The van der Waals surface area contributed by atoms with Gasteiger partial charge in [0.25, 0.3) is 16.6 Å². The molecule has 0 aromatic carbocycles. The molecule has 0 radical (unpaired) electrons. The average molecular weight is 471 g/mol. The first-order valence-electron chi connectivity index (χ1n) is 10.9. The molecule has 1 N–H and O–H groups in total. The molecule has 1 aromatic heterocycles. The third-order valence-corrected chi connectivity index (χ3v) is 20.4. The third kappa shape index (κ3) is 6.53. The van der Waals surface area contributed by atoms with E-state index in [1.807, 2.05) is 0 Å². The smallest absolute Gasteiger partial charge is 0.310 e. The summed E-state index contributed by atoms with van der Waals surface area (Å²) in [5.41, 5.74) is 0. The molecule has 0 spiro atoms. The lowest BCUT2D eigenvalue weighted by molar-refractivity contribution is 0.421. The Kier molecular flexibility index (Phi) is 7.41. The van der Waals surface area contributed by atoms with Gasteiger partial charge < -0.3 is 13.8 Å². The second kappa shape index (κ2) is 8.20. The van der Waals surface area contributed by atoms with Gasteiger partial charge in [-0.25, -0.2) is 0 Å². The molecule has 1 heterocycles. The van der Waals surface area contributed by atoms with Crippen molar-refractivity contribution >= 4 is 30.8 Å². The van der Waals surface area contributed by atoms with Crippen LogP contribution in [0.4, 0.5) is 5.95 Å². The van der Waals surface area contributed by atoms with Crippen molar-refractivity contribution in [3.8, 4) is 12.0 Å². The molecule has 0 aliphatic heterocycles. The van der Waals surface area contributed by atoms with E-state index < -0.39 is 24.9 Å². The molecule has 30 heavy (non-hydrogen) atoms. The van der Waals surface area contributed by atoms with Crippen LogP contribution in [0.15, 0.2) is 0 Å². The first-order valence-corrected chi connectivity index (χ1v) is 19.7. The molecule has 1 aromatic rings. The molecule has 0 aliphatic carbocycles. The topological polar surface area (TPSA) is 69.2 Å². The molecule has 0 saturated heterocycles. The van der Waals surface area contributed by atoms with Gasteiger partial charge in [0.15, 0.2) is 8.24 Å². The van der Waals surface area contributed by atoms with Gasteiger partial charge in [0.1, 0.15) is 0 Å². The largest absolute Gasteiger partial charge is 0.517 e. The molecule has 174 valence electrons. The fourth-order valence-electron chi connectivity index (χ4n) is 1.71. The zero-order chi connectivity index (χ0) is 24.0. The van der Waals surface area contributed by atoms with Crippen LogP contribution in [-0.2, 0) is 0 Å². The van der Waals surface area contributed by atoms with Crippen LogP contribution in [0.1, 0.15) is 62.3 Å². The Hall–Kier alpha value is -0.939. The van der Waals surface area contributed by atoms with E-state index in [2.05, 4.69) is 122 Å². The first kappa shape index (κ1) is 27.1. The Morgan fingerprint density at radius 1 is 0.567 bits per heavy atom. The standard InChI is InChI=1S/C21H46N4O2Si3/c1-19(2,3)28(10,11)25-16-22-17(26-29(12,13)20(4,5)6)24-18(23-16)27-30(14,15)21(7,8)9/h1-15H3,(H,22,23,24,25). The fourth-order valence-corrected chi connectivity index (χ4v) is 4.47. The highest BCUT2D eigenvalue weighted by Crippen LogP contribution is 2.40. The Bertz CT molecular complexity index is 634. The molecule has 0 amide bonds. The molecule has 0 fully saturated rings. The van der Waals surface area contributed by atoms with Gasteiger partial charge in [-0.1, -0.05) is 75.4 Å². The molecule has 9 heteroatoms. The van der Waals surface area contributed by atoms with Crippen molar-refractivity contribution in [3.63, 3.8) is 0 Å². The first-order chi connectivity index (χ1) is 13.0. The predicted molar refractivity (Wildman–Crippen MR) is 136 cm³/mol. The summed E-state index contributed by atoms with van der Waals surface area (Å²) in [6, 6.07) is 0.734. The van der Waals surface area contributed by atoms with Gasteiger partial charge in [0.2, 0.25) is 5.95 Å². The van der Waals surface area contributed by atoms with E-state index >= 15 is 0 Å². The highest BCUT2D eigenvalue weighted by molar-refractivity contribution is 6.82. The Labute approximate surface area is 188 Å². The number of nitrogens with zero attached hydrogens (tertiary/aromatic N) is 3. The number of hydrogen-bond acceptors (Lipinski definition) is 6. The predicted octanol–water partition coefficient (Wildman–Crippen LogP) is 7.06. The molecule has 0 unspecified atom stereocenters. The minimum atomic E-state index is -2.10. The van der Waals surface area contributed by atoms with Crippen LogP contribution >= 0.6 is 0 Å². The van der Waals surface area contributed by atoms with Crippen molar-refractivity contribution in [2.45, 2.75) is 117 Å². The van der Waals surface area contributed by atoms with E-state index in [4.69, 9.17) is 8.85 Å². The summed E-state index contributed by atoms with van der Waals surface area (Å²) in [6.45, 7) is 33.4. The lowest BCUT2D eigenvalue weighted by atomic mass is 10.2. The van der Waals surface area contributed by atoms with Crippen molar-refractivity contribution < 1.29 is 8.85 Å². The summed E-state index contributed by atoms with van der Waals surface area (Å²) in [6.07, 6.45) is 0. The monoisotopic (exact) mass is 470 g/mol. The normalized spacial score (nSPS) is 14.5. The average Bonchev–Trinajstić information content (AvgIpc) is 2.41. The van der Waals surface area contributed by atoms with Gasteiger partial charge in [-0.05, 0) is 41.3 Å². The Morgan fingerprint density at radius 2 is 0.900 bits per heavy atom. The number of anilines is 1. The summed E-state index contributed by atoms with van der Waals surface area (Å²) in [5.74, 6) is 0.555. The van der Waals surface area contributed by atoms with Gasteiger partial charge in [-0.2, -0.15) is 9.97 Å². The minimum absolute atomic E-state index is 0.0487. The quantitative estimate of drug-likeness (QED) is 0.449. The summed E-state index contributed by atoms with van der Waals surface area (Å²) < 4.78 is 12.9. The van der Waals surface area contributed by atoms with E-state index in [9.17, 15) is 0 Å². The maximum absolute atomic E-state index is 6.44. The van der Waals surface area contributed by atoms with Gasteiger partial charge >= 0.3 is 12.0 Å². The van der Waals surface area contributed by atoms with Crippen molar-refractivity contribution in [2.24, 2.45) is 0 Å².